The summed E-state index contributed by atoms with van der Waals surface area (Å²) in [6.45, 7) is 4.32. The third kappa shape index (κ3) is 3.90. The van der Waals surface area contributed by atoms with Crippen LogP contribution < -0.4 is 10.0 Å². The summed E-state index contributed by atoms with van der Waals surface area (Å²) in [6.07, 6.45) is 2.25. The van der Waals surface area contributed by atoms with E-state index in [-0.39, 0.29) is 29.7 Å². The van der Waals surface area contributed by atoms with Gasteiger partial charge in [-0.15, -0.1) is 0 Å². The number of anilines is 1. The molecule has 1 amide bonds. The van der Waals surface area contributed by atoms with Crippen molar-refractivity contribution in [2.24, 2.45) is 11.7 Å². The molecular weight excluding hydrogens is 402 g/mol. The third-order valence-electron chi connectivity index (χ3n) is 5.59. The lowest BCUT2D eigenvalue weighted by atomic mass is 9.98. The van der Waals surface area contributed by atoms with Crippen molar-refractivity contribution in [3.63, 3.8) is 0 Å². The van der Waals surface area contributed by atoms with E-state index in [1.165, 1.54) is 8.61 Å². The molecule has 0 atom stereocenters. The van der Waals surface area contributed by atoms with E-state index in [0.717, 1.165) is 6.42 Å². The van der Waals surface area contributed by atoms with Crippen LogP contribution in [0.5, 0.6) is 0 Å². The van der Waals surface area contributed by atoms with Gasteiger partial charge in [0, 0.05) is 25.6 Å². The molecule has 0 saturated carbocycles. The summed E-state index contributed by atoms with van der Waals surface area (Å²) in [5.74, 6) is -0.572. The smallest absolute Gasteiger partial charge is 0.243 e. The van der Waals surface area contributed by atoms with Crippen LogP contribution in [-0.2, 0) is 24.8 Å². The lowest BCUT2D eigenvalue weighted by Gasteiger charge is -2.32. The number of amides is 1. The second-order valence-electron chi connectivity index (χ2n) is 7.58. The van der Waals surface area contributed by atoms with Crippen LogP contribution in [0.2, 0.25) is 0 Å². The molecule has 28 heavy (non-hydrogen) atoms. The van der Waals surface area contributed by atoms with Crippen LogP contribution in [-0.4, -0.2) is 52.4 Å². The minimum absolute atomic E-state index is 0.111. The average molecular weight is 430 g/mol. The fourth-order valence-corrected chi connectivity index (χ4v) is 7.35. The maximum absolute atomic E-state index is 13.1. The molecule has 156 valence electrons. The number of nitrogens with two attached hydrogens (primary N) is 1. The summed E-state index contributed by atoms with van der Waals surface area (Å²) in [5, 5.41) is 0. The van der Waals surface area contributed by atoms with E-state index >= 15 is 0 Å². The molecule has 1 aromatic rings. The van der Waals surface area contributed by atoms with E-state index in [1.807, 2.05) is 0 Å². The van der Waals surface area contributed by atoms with Gasteiger partial charge >= 0.3 is 0 Å². The molecule has 8 nitrogen and oxygen atoms in total. The Hall–Kier alpha value is -1.65. The Morgan fingerprint density at radius 1 is 1.07 bits per heavy atom. The molecule has 0 spiro atoms. The summed E-state index contributed by atoms with van der Waals surface area (Å²) in [6, 6.07) is 3.21. The summed E-state index contributed by atoms with van der Waals surface area (Å²) < 4.78 is 53.9. The van der Waals surface area contributed by atoms with Gasteiger partial charge in [0.05, 0.1) is 16.3 Å². The molecule has 0 aliphatic carbocycles. The van der Waals surface area contributed by atoms with Gasteiger partial charge in [0.15, 0.2) is 0 Å². The second-order valence-corrected chi connectivity index (χ2v) is 11.5. The zero-order valence-electron chi connectivity index (χ0n) is 16.2. The second kappa shape index (κ2) is 7.64. The number of sulfonamides is 2. The minimum atomic E-state index is -3.73. The van der Waals surface area contributed by atoms with Crippen LogP contribution in [0.4, 0.5) is 5.69 Å². The number of aryl methyl sites for hydroxylation is 2. The van der Waals surface area contributed by atoms with Crippen LogP contribution in [0, 0.1) is 19.8 Å². The van der Waals surface area contributed by atoms with Crippen LogP contribution in [0.25, 0.3) is 0 Å². The minimum Gasteiger partial charge on any atom is -0.369 e. The van der Waals surface area contributed by atoms with Crippen LogP contribution >= 0.6 is 0 Å². The number of nitrogens with zero attached hydrogens (tertiary/aromatic N) is 2. The van der Waals surface area contributed by atoms with Crippen molar-refractivity contribution in [1.82, 2.24) is 4.31 Å². The molecule has 2 fully saturated rings. The monoisotopic (exact) mass is 429 g/mol. The summed E-state index contributed by atoms with van der Waals surface area (Å²) in [7, 11) is -7.10. The Balaban J connectivity index is 1.91. The molecule has 10 heteroatoms. The first-order chi connectivity index (χ1) is 13.0. The molecule has 2 aliphatic rings. The largest absolute Gasteiger partial charge is 0.369 e. The van der Waals surface area contributed by atoms with Gasteiger partial charge in [-0.3, -0.25) is 9.10 Å². The highest BCUT2D eigenvalue weighted by atomic mass is 32.2. The molecule has 3 rings (SSSR count). The molecule has 0 radical (unpaired) electrons. The number of hydrogen-bond acceptors (Lipinski definition) is 5. The van der Waals surface area contributed by atoms with E-state index in [9.17, 15) is 21.6 Å². The molecule has 2 N–H and O–H groups in total. The van der Waals surface area contributed by atoms with Gasteiger partial charge in [-0.2, -0.15) is 4.31 Å². The Kier molecular flexibility index (Phi) is 5.75. The average Bonchev–Trinajstić information content (AvgIpc) is 2.63. The van der Waals surface area contributed by atoms with Crippen molar-refractivity contribution in [3.8, 4) is 0 Å². The molecule has 2 heterocycles. The Labute approximate surface area is 166 Å². The highest BCUT2D eigenvalue weighted by molar-refractivity contribution is 7.92. The van der Waals surface area contributed by atoms with Crippen LogP contribution in [0.3, 0.4) is 0 Å². The molecular formula is C18H27N3O5S2. The van der Waals surface area contributed by atoms with Crippen molar-refractivity contribution < 1.29 is 21.6 Å². The van der Waals surface area contributed by atoms with Crippen LogP contribution in [0.1, 0.15) is 36.8 Å². The summed E-state index contributed by atoms with van der Waals surface area (Å²) >= 11 is 0. The topological polar surface area (TPSA) is 118 Å². The fraction of sp³-hybridized carbons (Fsp3) is 0.611. The first-order valence-corrected chi connectivity index (χ1v) is 12.5. The van der Waals surface area contributed by atoms with Gasteiger partial charge in [-0.25, -0.2) is 16.8 Å². The molecule has 0 aromatic heterocycles. The highest BCUT2D eigenvalue weighted by Gasteiger charge is 2.33. The van der Waals surface area contributed by atoms with E-state index in [4.69, 9.17) is 5.73 Å². The van der Waals surface area contributed by atoms with Crippen molar-refractivity contribution in [2.45, 2.75) is 44.4 Å². The van der Waals surface area contributed by atoms with E-state index < -0.39 is 26.0 Å². The van der Waals surface area contributed by atoms with E-state index in [1.54, 1.807) is 26.0 Å². The van der Waals surface area contributed by atoms with Gasteiger partial charge in [0.2, 0.25) is 26.0 Å². The Morgan fingerprint density at radius 3 is 2.29 bits per heavy atom. The van der Waals surface area contributed by atoms with Crippen LogP contribution in [0.15, 0.2) is 17.0 Å². The molecule has 2 aliphatic heterocycles. The van der Waals surface area contributed by atoms with Crippen molar-refractivity contribution >= 4 is 31.6 Å². The molecule has 2 saturated heterocycles. The number of piperidine rings is 1. The molecule has 0 bridgehead atoms. The lowest BCUT2D eigenvalue weighted by molar-refractivity contribution is -0.122. The van der Waals surface area contributed by atoms with Gasteiger partial charge in [0.1, 0.15) is 0 Å². The number of hydrogen-bond donors (Lipinski definition) is 1. The number of primary amides is 1. The van der Waals surface area contributed by atoms with Gasteiger partial charge < -0.3 is 5.73 Å². The fourth-order valence-electron chi connectivity index (χ4n) is 3.90. The summed E-state index contributed by atoms with van der Waals surface area (Å²) in [5.41, 5.74) is 7.00. The third-order valence-corrected chi connectivity index (χ3v) is 9.48. The standard InChI is InChI=1S/C18H27N3O5S2/c1-13-12-17(28(25,26)20-8-5-15(6-9-20)18(19)22)14(2)11-16(13)21-7-3-4-10-27(21,23)24/h11-12,15H,3-10H2,1-2H3,(H2,19,22). The van der Waals surface area contributed by atoms with Gasteiger partial charge in [0.25, 0.3) is 0 Å². The number of carbonyl (C=O) groups is 1. The maximum atomic E-state index is 13.1. The van der Waals surface area contributed by atoms with Crippen molar-refractivity contribution in [1.29, 1.82) is 0 Å². The number of benzene rings is 1. The van der Waals surface area contributed by atoms with Gasteiger partial charge in [-0.05, 0) is 62.8 Å². The van der Waals surface area contributed by atoms with Crippen molar-refractivity contribution in [3.05, 3.63) is 23.3 Å². The quantitative estimate of drug-likeness (QED) is 0.769. The Bertz CT molecular complexity index is 981. The number of rotatable bonds is 4. The normalized spacial score (nSPS) is 21.6. The van der Waals surface area contributed by atoms with Crippen molar-refractivity contribution in [2.75, 3.05) is 29.7 Å². The highest BCUT2D eigenvalue weighted by Crippen LogP contribution is 2.33. The first-order valence-electron chi connectivity index (χ1n) is 9.45. The maximum Gasteiger partial charge on any atom is 0.243 e. The van der Waals surface area contributed by atoms with Gasteiger partial charge in [-0.1, -0.05) is 0 Å². The predicted molar refractivity (Wildman–Crippen MR) is 107 cm³/mol. The zero-order chi connectivity index (χ0) is 20.7. The van der Waals surface area contributed by atoms with E-state index in [0.29, 0.717) is 42.6 Å². The number of carbonyl (C=O) groups excluding carboxylic acids is 1. The van der Waals surface area contributed by atoms with E-state index in [2.05, 4.69) is 0 Å². The summed E-state index contributed by atoms with van der Waals surface area (Å²) in [4.78, 5) is 11.5. The molecule has 1 aromatic carbocycles. The SMILES string of the molecule is Cc1cc(S(=O)(=O)N2CCC(C(N)=O)CC2)c(C)cc1N1CCCCS1(=O)=O. The molecule has 0 unspecified atom stereocenters. The first kappa shape index (κ1) is 21.1. The lowest BCUT2D eigenvalue weighted by Crippen LogP contribution is -2.42. The predicted octanol–water partition coefficient (Wildman–Crippen LogP) is 1.12. The zero-order valence-corrected chi connectivity index (χ0v) is 17.9. The Morgan fingerprint density at radius 2 is 1.71 bits per heavy atom.